The Morgan fingerprint density at radius 2 is 2.13 bits per heavy atom. The van der Waals surface area contributed by atoms with Crippen molar-refractivity contribution < 1.29 is 4.79 Å². The zero-order chi connectivity index (χ0) is 15.9. The van der Waals surface area contributed by atoms with Crippen LogP contribution in [0.3, 0.4) is 0 Å². The fourth-order valence-corrected chi connectivity index (χ4v) is 3.79. The fraction of sp³-hybridized carbons (Fsp3) is 0.278. The van der Waals surface area contributed by atoms with Crippen molar-refractivity contribution in [2.75, 3.05) is 6.54 Å². The Morgan fingerprint density at radius 3 is 2.87 bits per heavy atom. The number of benzene rings is 1. The molecule has 1 aromatic carbocycles. The molecule has 114 valence electrons. The number of halogens is 1. The molecule has 2 fully saturated rings. The predicted octanol–water partition coefficient (Wildman–Crippen LogP) is 2.70. The van der Waals surface area contributed by atoms with Crippen molar-refractivity contribution in [3.63, 3.8) is 0 Å². The molecule has 3 unspecified atom stereocenters. The SMILES string of the molecule is O=CN1CC2CC2(C#Cc2ncccn2)C1c1cccc(Cl)c1. The van der Waals surface area contributed by atoms with Crippen molar-refractivity contribution in [1.29, 1.82) is 0 Å². The van der Waals surface area contributed by atoms with Gasteiger partial charge in [0.1, 0.15) is 0 Å². The molecule has 1 aliphatic heterocycles. The van der Waals surface area contributed by atoms with E-state index in [1.165, 1.54) is 0 Å². The van der Waals surface area contributed by atoms with Gasteiger partial charge in [0.2, 0.25) is 12.2 Å². The van der Waals surface area contributed by atoms with E-state index in [4.69, 9.17) is 11.6 Å². The lowest BCUT2D eigenvalue weighted by molar-refractivity contribution is -0.119. The van der Waals surface area contributed by atoms with Gasteiger partial charge in [-0.3, -0.25) is 4.79 Å². The van der Waals surface area contributed by atoms with Crippen LogP contribution < -0.4 is 0 Å². The Labute approximate surface area is 139 Å². The quantitative estimate of drug-likeness (QED) is 0.630. The molecule has 3 atom stereocenters. The largest absolute Gasteiger partial charge is 0.336 e. The van der Waals surface area contributed by atoms with Crippen molar-refractivity contribution in [2.24, 2.45) is 11.3 Å². The van der Waals surface area contributed by atoms with E-state index in [1.54, 1.807) is 18.5 Å². The lowest BCUT2D eigenvalue weighted by atomic mass is 9.90. The molecule has 0 spiro atoms. The zero-order valence-corrected chi connectivity index (χ0v) is 13.1. The summed E-state index contributed by atoms with van der Waals surface area (Å²) in [5.74, 6) is 7.37. The molecule has 1 saturated heterocycles. The van der Waals surface area contributed by atoms with Gasteiger partial charge in [-0.15, -0.1) is 0 Å². The number of aromatic nitrogens is 2. The topological polar surface area (TPSA) is 46.1 Å². The van der Waals surface area contributed by atoms with Crippen LogP contribution in [0.5, 0.6) is 0 Å². The monoisotopic (exact) mass is 323 g/mol. The molecule has 4 rings (SSSR count). The molecule has 2 heterocycles. The van der Waals surface area contributed by atoms with E-state index in [0.717, 1.165) is 24.9 Å². The molecule has 1 aromatic heterocycles. The number of rotatable bonds is 2. The van der Waals surface area contributed by atoms with Gasteiger partial charge in [-0.2, -0.15) is 0 Å². The standard InChI is InChI=1S/C18H14ClN3O/c19-15-4-1-3-13(9-15)17-18(10-14(18)11-22(17)12-23)6-5-16-20-7-2-8-21-16/h1-4,7-9,12,14,17H,10-11H2. The highest BCUT2D eigenvalue weighted by atomic mass is 35.5. The Balaban J connectivity index is 1.73. The summed E-state index contributed by atoms with van der Waals surface area (Å²) < 4.78 is 0. The van der Waals surface area contributed by atoms with E-state index in [1.807, 2.05) is 29.2 Å². The molecule has 2 aromatic rings. The maximum Gasteiger partial charge on any atom is 0.210 e. The molecule has 0 N–H and O–H groups in total. The summed E-state index contributed by atoms with van der Waals surface area (Å²) in [5.41, 5.74) is 0.831. The van der Waals surface area contributed by atoms with E-state index in [-0.39, 0.29) is 11.5 Å². The molecule has 0 bridgehead atoms. The number of carbonyl (C=O) groups excluding carboxylic acids is 1. The second kappa shape index (κ2) is 5.36. The number of likely N-dealkylation sites (tertiary alicyclic amines) is 1. The van der Waals surface area contributed by atoms with Crippen molar-refractivity contribution in [3.8, 4) is 11.8 Å². The van der Waals surface area contributed by atoms with Gasteiger partial charge < -0.3 is 4.90 Å². The highest BCUT2D eigenvalue weighted by Crippen LogP contribution is 2.66. The van der Waals surface area contributed by atoms with Crippen LogP contribution >= 0.6 is 11.6 Å². The Bertz CT molecular complexity index is 814. The average molecular weight is 324 g/mol. The number of piperidine rings is 1. The van der Waals surface area contributed by atoms with E-state index in [2.05, 4.69) is 21.8 Å². The van der Waals surface area contributed by atoms with Crippen LogP contribution in [0.4, 0.5) is 0 Å². The van der Waals surface area contributed by atoms with E-state index in [9.17, 15) is 4.79 Å². The maximum absolute atomic E-state index is 11.5. The van der Waals surface area contributed by atoms with Crippen molar-refractivity contribution in [2.45, 2.75) is 12.5 Å². The minimum Gasteiger partial charge on any atom is -0.336 e. The molecule has 23 heavy (non-hydrogen) atoms. The van der Waals surface area contributed by atoms with Gasteiger partial charge in [0.25, 0.3) is 0 Å². The fourth-order valence-electron chi connectivity index (χ4n) is 3.59. The number of amides is 1. The Hall–Kier alpha value is -2.38. The molecule has 5 heteroatoms. The predicted molar refractivity (Wildman–Crippen MR) is 86.4 cm³/mol. The smallest absolute Gasteiger partial charge is 0.210 e. The van der Waals surface area contributed by atoms with E-state index in [0.29, 0.717) is 16.8 Å². The normalized spacial score (nSPS) is 27.8. The van der Waals surface area contributed by atoms with Gasteiger partial charge >= 0.3 is 0 Å². The van der Waals surface area contributed by atoms with Crippen LogP contribution in [-0.2, 0) is 4.79 Å². The van der Waals surface area contributed by atoms with Crippen LogP contribution in [0.25, 0.3) is 0 Å². The molecule has 1 aliphatic carbocycles. The minimum atomic E-state index is -0.204. The van der Waals surface area contributed by atoms with Crippen LogP contribution in [0.15, 0.2) is 42.7 Å². The second-order valence-corrected chi connectivity index (χ2v) is 6.46. The zero-order valence-electron chi connectivity index (χ0n) is 12.3. The summed E-state index contributed by atoms with van der Waals surface area (Å²) in [7, 11) is 0. The minimum absolute atomic E-state index is 0.0556. The molecule has 1 saturated carbocycles. The number of nitrogens with zero attached hydrogens (tertiary/aromatic N) is 3. The van der Waals surface area contributed by atoms with Crippen LogP contribution in [0.2, 0.25) is 5.02 Å². The first-order chi connectivity index (χ1) is 11.2. The molecule has 4 nitrogen and oxygen atoms in total. The molecular formula is C18H14ClN3O. The molecule has 0 radical (unpaired) electrons. The summed E-state index contributed by atoms with van der Waals surface area (Å²) in [6.07, 6.45) is 5.27. The summed E-state index contributed by atoms with van der Waals surface area (Å²) in [5, 5.41) is 0.673. The van der Waals surface area contributed by atoms with Gasteiger partial charge in [-0.05, 0) is 42.0 Å². The third kappa shape index (κ3) is 2.38. The summed E-state index contributed by atoms with van der Waals surface area (Å²) in [6, 6.07) is 9.40. The van der Waals surface area contributed by atoms with E-state index >= 15 is 0 Å². The lowest BCUT2D eigenvalue weighted by Crippen LogP contribution is -2.28. The van der Waals surface area contributed by atoms with Gasteiger partial charge in [-0.1, -0.05) is 29.7 Å². The number of hydrogen-bond donors (Lipinski definition) is 0. The number of hydrogen-bond acceptors (Lipinski definition) is 3. The molecule has 2 aliphatic rings. The first-order valence-corrected chi connectivity index (χ1v) is 7.87. The van der Waals surface area contributed by atoms with Gasteiger partial charge in [0.15, 0.2) is 0 Å². The average Bonchev–Trinajstić information content (AvgIpc) is 3.18. The van der Waals surface area contributed by atoms with Gasteiger partial charge in [0.05, 0.1) is 11.5 Å². The second-order valence-electron chi connectivity index (χ2n) is 6.02. The summed E-state index contributed by atoms with van der Waals surface area (Å²) in [4.78, 5) is 21.6. The van der Waals surface area contributed by atoms with Crippen LogP contribution in [0, 0.1) is 23.2 Å². The maximum atomic E-state index is 11.5. The van der Waals surface area contributed by atoms with Crippen molar-refractivity contribution >= 4 is 18.0 Å². The Morgan fingerprint density at radius 1 is 1.30 bits per heavy atom. The van der Waals surface area contributed by atoms with Crippen molar-refractivity contribution in [3.05, 3.63) is 59.1 Å². The van der Waals surface area contributed by atoms with Gasteiger partial charge in [-0.25, -0.2) is 9.97 Å². The van der Waals surface area contributed by atoms with Gasteiger partial charge in [0, 0.05) is 24.0 Å². The van der Waals surface area contributed by atoms with Crippen LogP contribution in [0.1, 0.15) is 23.9 Å². The number of carbonyl (C=O) groups is 1. The number of fused-ring (bicyclic) bond motifs is 1. The highest BCUT2D eigenvalue weighted by Gasteiger charge is 2.65. The van der Waals surface area contributed by atoms with Crippen molar-refractivity contribution in [1.82, 2.24) is 14.9 Å². The summed E-state index contributed by atoms with van der Waals surface area (Å²) >= 11 is 6.13. The summed E-state index contributed by atoms with van der Waals surface area (Å²) in [6.45, 7) is 0.741. The third-order valence-electron chi connectivity index (χ3n) is 4.68. The molecule has 1 amide bonds. The lowest BCUT2D eigenvalue weighted by Gasteiger charge is -2.27. The molecular weight excluding hydrogens is 310 g/mol. The van der Waals surface area contributed by atoms with E-state index < -0.39 is 0 Å². The highest BCUT2D eigenvalue weighted by molar-refractivity contribution is 6.30. The Kier molecular flexibility index (Phi) is 3.32. The first kappa shape index (κ1) is 14.2. The third-order valence-corrected chi connectivity index (χ3v) is 4.91. The first-order valence-electron chi connectivity index (χ1n) is 7.50. The van der Waals surface area contributed by atoms with Crippen LogP contribution in [-0.4, -0.2) is 27.8 Å².